The number of pyridine rings is 8. The van der Waals surface area contributed by atoms with Crippen LogP contribution < -0.4 is 15.9 Å². The van der Waals surface area contributed by atoms with Gasteiger partial charge in [-0.1, -0.05) is 93.0 Å². The largest absolute Gasteiger partial charge is 0.508 e. The number of halogens is 6. The Morgan fingerprint density at radius 1 is 0.526 bits per heavy atom. The number of nitrogen functional groups attached to an aromatic ring is 1. The van der Waals surface area contributed by atoms with Crippen LogP contribution in [0.25, 0.3) is 57.3 Å². The number of Topliss-reactive ketones (excluding diaryl/α,β-unsaturated/α-hetero) is 4. The van der Waals surface area contributed by atoms with Crippen molar-refractivity contribution < 1.29 is 80.5 Å². The van der Waals surface area contributed by atoms with Gasteiger partial charge in [0.05, 0.1) is 27.1 Å². The fraction of sp³-hybridized carbons (Fsp3) is 0.242. The Kier molecular flexibility index (Phi) is 34.4. The number of phenols is 1. The summed E-state index contributed by atoms with van der Waals surface area (Å²) in [5, 5.41) is 6.57. The summed E-state index contributed by atoms with van der Waals surface area (Å²) in [6.07, 6.45) is 11.5. The van der Waals surface area contributed by atoms with Crippen molar-refractivity contribution >= 4 is 177 Å². The molecule has 4 fully saturated rings. The van der Waals surface area contributed by atoms with Crippen LogP contribution in [-0.2, 0) is 87.6 Å². The molecule has 0 spiro atoms. The van der Waals surface area contributed by atoms with Gasteiger partial charge in [-0.25, -0.2) is 8.78 Å². The number of aliphatic imine (C=N–C) groups is 1. The number of nitrogens with two attached hydrogens (primary N) is 1. The van der Waals surface area contributed by atoms with Crippen molar-refractivity contribution in [1.29, 1.82) is 0 Å². The zero-order chi connectivity index (χ0) is 97.5. The minimum atomic E-state index is -3.22. The van der Waals surface area contributed by atoms with Gasteiger partial charge in [0.1, 0.15) is 58.7 Å². The normalized spacial score (nSPS) is 14.2. The Hall–Kier alpha value is -15.0. The molecule has 16 rings (SSSR count). The minimum absolute atomic E-state index is 0.0738. The molecule has 8 aromatic heterocycles. The van der Waals surface area contributed by atoms with Crippen LogP contribution in [0.4, 0.5) is 49.2 Å². The molecule has 2 aliphatic carbocycles. The molecule has 31 nitrogen and oxygen atoms in total. The van der Waals surface area contributed by atoms with Crippen molar-refractivity contribution in [3.05, 3.63) is 311 Å². The van der Waals surface area contributed by atoms with Gasteiger partial charge < -0.3 is 63.7 Å². The number of hydrogen-bond donors (Lipinski definition) is 3. The lowest BCUT2D eigenvalue weighted by molar-refractivity contribution is -0.236. The number of fused-ring (bicyclic) bond motifs is 3. The van der Waals surface area contributed by atoms with E-state index in [2.05, 4.69) is 112 Å². The third-order valence-electron chi connectivity index (χ3n) is 19.8. The third-order valence-corrected chi connectivity index (χ3v) is 20.1. The number of H-pyrrole nitrogens is 1. The second-order valence-corrected chi connectivity index (χ2v) is 38.0. The number of phenolic OH excluding ortho intramolecular Hbond substituents is 1. The van der Waals surface area contributed by atoms with E-state index >= 15 is 0 Å². The highest BCUT2D eigenvalue weighted by Crippen LogP contribution is 2.61. The van der Waals surface area contributed by atoms with Crippen LogP contribution in [0.1, 0.15) is 110 Å². The lowest BCUT2D eigenvalue weighted by Gasteiger charge is -2.31. The molecule has 0 atom stereocenters. The van der Waals surface area contributed by atoms with E-state index in [-0.39, 0.29) is 89.7 Å². The van der Waals surface area contributed by atoms with Gasteiger partial charge in [-0.05, 0) is 229 Å². The van der Waals surface area contributed by atoms with Crippen LogP contribution in [0.2, 0.25) is 5.02 Å². The molecule has 2 aliphatic heterocycles. The first-order chi connectivity index (χ1) is 62.9. The highest BCUT2D eigenvalue weighted by molar-refractivity contribution is 8.24. The Balaban J connectivity index is 0.000000181. The number of carbonyl (C=O) groups excluding carboxylic acids is 8. The zero-order valence-corrected chi connectivity index (χ0v) is 76.4. The van der Waals surface area contributed by atoms with E-state index in [0.29, 0.717) is 110 Å². The Morgan fingerprint density at radius 3 is 1.34 bits per heavy atom. The summed E-state index contributed by atoms with van der Waals surface area (Å²) in [6, 6.07) is 38.7. The number of aromatic amines is 1. The maximum Gasteiger partial charge on any atom is 0.339 e. The number of ether oxygens (including phenoxy) is 5. The molecular weight excluding hydrogens is 1820 g/mol. The number of aromatic hydroxyl groups is 1. The number of ketones is 4. The monoisotopic (exact) mass is 1900 g/mol. The number of anilines is 1. The van der Waals surface area contributed by atoms with Gasteiger partial charge in [0.25, 0.3) is 40.7 Å². The number of rotatable bonds is 16. The number of aromatic nitrogens is 8. The Bertz CT molecular complexity index is 6760. The number of cyclic esters (lactones) is 4. The standard InChI is InChI=1S/C29H22FN3O3.C19H17FO3.C14H13N3O4.C10H6ClN3.C10H7N3O.C7H7N3.C6H8O4.Cl3OP/c1-18-15-23-27(33-28(18)31-2)24(11-14-32-23)36-22-9-5-20(6-10-22)17-26(35)29(12-13-29)25(34)16-19-3-7-21(30)8-4-19;20-15-5-1-13(2-6-15)11-17(22)19(9-10-19)18(23)12-14-3-7-16(21)8-4-14;1-8-5-9(6-17-11(8)15-4)16-7-10-12(18)20-14(2,3)21-13(10)19;1-6-5-8-9(14-10(6)12-2)7(11)3-4-13-8;1-6-5-7-9(13-10(6)11-2)8(14)3-4-12-7;1-5-3-6(8)4-10-7(5)9-2;1-6(2)9-4(7)3-5(8)10-6;1-5(2,3)4/h3-11,14-15H,12-13,16-17H2,1H3;1-8,21H,9-12H2;5-7,10H,1-3H3;3-5H,1H3;3-5H,1H3,(H,12,14);3-4H,8H2,1H3;3H2,1-2H3;. The van der Waals surface area contributed by atoms with Gasteiger partial charge in [-0.3, -0.25) is 62.7 Å². The van der Waals surface area contributed by atoms with Gasteiger partial charge >= 0.3 is 29.1 Å². The number of aryl methyl sites for hydroxylation is 5. The number of esters is 4. The summed E-state index contributed by atoms with van der Waals surface area (Å²) >= 11 is 19.8. The molecule has 0 unspecified atom stereocenters. The molecule has 4 aliphatic rings. The van der Waals surface area contributed by atoms with Gasteiger partial charge in [0.2, 0.25) is 16.5 Å². The van der Waals surface area contributed by atoms with Crippen LogP contribution in [0.3, 0.4) is 0 Å². The van der Waals surface area contributed by atoms with Crippen molar-refractivity contribution in [1.82, 2.24) is 39.9 Å². The SMILES string of the molecule is CC1(C)OC(=O)CC(=O)O1.O=C(Cc1ccc(O)cc1)C1(C(=O)Cc2ccc(F)cc2)CC1.O=P(Cl)(Cl)Cl.[C-]#[N+]c1nc2c(=O)cc[nH]c2cc1C.[C-]#[N+]c1nc2c(Cl)ccnc2cc1C.[C-]#[N+]c1nc2c(Oc3ccc(CC(=O)C4(C(=O)Cc5ccc(F)cc5)CC4)cc3)ccnc2cc1C.[C-]#[N+]c1ncc(N)cc1C.[C-]#[N+]c1ncc(N=CC2C(=O)OC(C)(C)OC2=O)cc1C. The Labute approximate surface area is 779 Å². The molecule has 10 heterocycles. The lowest BCUT2D eigenvalue weighted by atomic mass is 9.88. The molecule has 0 radical (unpaired) electrons. The van der Waals surface area contributed by atoms with Crippen molar-refractivity contribution in [3.63, 3.8) is 0 Å². The summed E-state index contributed by atoms with van der Waals surface area (Å²) in [4.78, 5) is 159. The first-order valence-electron chi connectivity index (χ1n) is 39.9. The fourth-order valence-corrected chi connectivity index (χ4v) is 13.0. The van der Waals surface area contributed by atoms with Crippen LogP contribution in [-0.4, -0.2) is 110 Å². The smallest absolute Gasteiger partial charge is 0.339 e. The molecule has 12 aromatic rings. The zero-order valence-electron chi connectivity index (χ0n) is 72.4. The van der Waals surface area contributed by atoms with E-state index in [4.69, 9.17) is 64.4 Å². The van der Waals surface area contributed by atoms with Crippen molar-refractivity contribution in [2.75, 3.05) is 5.73 Å². The third kappa shape index (κ3) is 29.2. The van der Waals surface area contributed by atoms with E-state index < -0.39 is 57.4 Å². The molecule has 0 amide bonds. The predicted molar refractivity (Wildman–Crippen MR) is 494 cm³/mol. The van der Waals surface area contributed by atoms with Gasteiger partial charge in [-0.2, -0.15) is 0 Å². The van der Waals surface area contributed by atoms with Crippen LogP contribution in [0.5, 0.6) is 17.2 Å². The van der Waals surface area contributed by atoms with E-state index in [1.165, 1.54) is 82.6 Å². The first kappa shape index (κ1) is 102. The molecule has 0 bridgehead atoms. The summed E-state index contributed by atoms with van der Waals surface area (Å²) < 4.78 is 60.9. The average Bonchev–Trinajstić information content (AvgIpc) is 1.61. The molecule has 678 valence electrons. The number of nitrogens with zero attached hydrogens (tertiary/aromatic N) is 13. The van der Waals surface area contributed by atoms with E-state index in [0.717, 1.165) is 50.7 Å². The van der Waals surface area contributed by atoms with E-state index in [1.54, 1.807) is 123 Å². The second kappa shape index (κ2) is 45.0. The number of hydrogen-bond acceptors (Lipinski definition) is 25. The number of benzene rings is 4. The summed E-state index contributed by atoms with van der Waals surface area (Å²) in [5.74, 6) is -4.18. The number of carbonyl (C=O) groups is 8. The lowest BCUT2D eigenvalue weighted by Crippen LogP contribution is -2.46. The molecule has 133 heavy (non-hydrogen) atoms. The van der Waals surface area contributed by atoms with Gasteiger partial charge in [0.15, 0.2) is 40.3 Å². The average molecular weight is 1900 g/mol. The number of nitrogens with one attached hydrogen (secondary N) is 1. The van der Waals surface area contributed by atoms with Crippen LogP contribution in [0.15, 0.2) is 186 Å². The molecule has 4 aromatic carbocycles. The maximum absolute atomic E-state index is 13.1. The highest BCUT2D eigenvalue weighted by atomic mass is 36.0. The van der Waals surface area contributed by atoms with Crippen molar-refractivity contribution in [3.8, 4) is 17.2 Å². The van der Waals surface area contributed by atoms with Gasteiger partial charge in [-0.15, -0.1) is 24.9 Å². The van der Waals surface area contributed by atoms with Crippen molar-refractivity contribution in [2.45, 2.75) is 132 Å². The molecule has 4 N–H and O–H groups in total. The first-order valence-corrected chi connectivity index (χ1v) is 44.7. The van der Waals surface area contributed by atoms with Crippen LogP contribution >= 0.6 is 50.5 Å². The summed E-state index contributed by atoms with van der Waals surface area (Å²) in [5.41, 5.74) is 14.8. The van der Waals surface area contributed by atoms with E-state index in [1.807, 2.05) is 32.9 Å². The predicted octanol–water partition coefficient (Wildman–Crippen LogP) is 20.9. The van der Waals surface area contributed by atoms with Crippen LogP contribution in [0, 0.1) is 95.9 Å². The maximum atomic E-state index is 13.1. The molecular formula is C95H80Cl4F2N15O16P. The minimum Gasteiger partial charge on any atom is -0.508 e. The Morgan fingerprint density at radius 2 is 0.910 bits per heavy atom. The topological polar surface area (TPSA) is 403 Å². The molecule has 2 saturated heterocycles. The quantitative estimate of drug-likeness (QED) is 0.0266. The second-order valence-electron chi connectivity index (χ2n) is 30.9. The summed E-state index contributed by atoms with van der Waals surface area (Å²) in [7, 11) is 0. The molecule has 38 heteroatoms. The fourth-order valence-electron chi connectivity index (χ4n) is 12.8. The summed E-state index contributed by atoms with van der Waals surface area (Å²) in [6.45, 7) is 49.7. The van der Waals surface area contributed by atoms with Crippen molar-refractivity contribution in [2.24, 2.45) is 21.7 Å². The van der Waals surface area contributed by atoms with Gasteiger partial charge in [0, 0.05) is 90.3 Å². The van der Waals surface area contributed by atoms with E-state index in [9.17, 15) is 61.6 Å². The highest BCUT2D eigenvalue weighted by Gasteiger charge is 2.56. The molecule has 2 saturated carbocycles.